The van der Waals surface area contributed by atoms with E-state index in [1.54, 1.807) is 12.1 Å². The Hall–Kier alpha value is -2.71. The second kappa shape index (κ2) is 9.03. The zero-order chi connectivity index (χ0) is 22.9. The number of hydrogen-bond acceptors (Lipinski definition) is 4. The van der Waals surface area contributed by atoms with Crippen LogP contribution in [0.1, 0.15) is 44.2 Å². The van der Waals surface area contributed by atoms with Crippen LogP contribution in [0.15, 0.2) is 47.4 Å². The molecule has 170 valence electrons. The lowest BCUT2D eigenvalue weighted by molar-refractivity contribution is -0.120. The Labute approximate surface area is 189 Å². The molecule has 8 heteroatoms. The van der Waals surface area contributed by atoms with Crippen LogP contribution < -0.4 is 14.9 Å². The van der Waals surface area contributed by atoms with Gasteiger partial charge in [0.05, 0.1) is 4.90 Å². The molecule has 7 nitrogen and oxygen atoms in total. The average Bonchev–Trinajstić information content (AvgIpc) is 3.55. The Bertz CT molecular complexity index is 1120. The molecule has 1 aliphatic heterocycles. The molecule has 2 aliphatic rings. The molecule has 1 saturated carbocycles. The molecule has 1 atom stereocenters. The van der Waals surface area contributed by atoms with Crippen LogP contribution in [-0.2, 0) is 32.5 Å². The summed E-state index contributed by atoms with van der Waals surface area (Å²) in [6, 6.07) is 12.5. The van der Waals surface area contributed by atoms with E-state index in [0.29, 0.717) is 12.1 Å². The van der Waals surface area contributed by atoms with Crippen LogP contribution in [-0.4, -0.2) is 32.8 Å². The number of aryl methyl sites for hydroxylation is 1. The lowest BCUT2D eigenvalue weighted by Crippen LogP contribution is -2.36. The fourth-order valence-corrected chi connectivity index (χ4v) is 5.15. The summed E-state index contributed by atoms with van der Waals surface area (Å²) in [6.07, 6.45) is 3.46. The number of nitrogens with one attached hydrogen (secondary N) is 2. The highest BCUT2D eigenvalue weighted by molar-refractivity contribution is 7.89. The lowest BCUT2D eigenvalue weighted by atomic mass is 10.1. The maximum absolute atomic E-state index is 12.7. The number of hydrogen-bond donors (Lipinski definition) is 2. The number of carbonyl (C=O) groups is 2. The second-order valence-corrected chi connectivity index (χ2v) is 10.3. The number of anilines is 2. The monoisotopic (exact) mass is 455 g/mol. The molecule has 2 aromatic carbocycles. The Kier molecular flexibility index (Phi) is 6.35. The van der Waals surface area contributed by atoms with Crippen molar-refractivity contribution in [1.29, 1.82) is 0 Å². The minimum absolute atomic E-state index is 0.000981. The Morgan fingerprint density at radius 3 is 2.47 bits per heavy atom. The third-order valence-electron chi connectivity index (χ3n) is 6.03. The van der Waals surface area contributed by atoms with Gasteiger partial charge in [-0.05, 0) is 74.1 Å². The van der Waals surface area contributed by atoms with Crippen molar-refractivity contribution in [3.63, 3.8) is 0 Å². The molecule has 1 unspecified atom stereocenters. The first-order chi connectivity index (χ1) is 15.3. The number of rotatable bonds is 8. The Balaban J connectivity index is 1.35. The van der Waals surface area contributed by atoms with Gasteiger partial charge in [-0.1, -0.05) is 19.1 Å². The molecule has 0 bridgehead atoms. The van der Waals surface area contributed by atoms with E-state index in [2.05, 4.69) is 17.0 Å². The van der Waals surface area contributed by atoms with Crippen molar-refractivity contribution < 1.29 is 18.0 Å². The zero-order valence-corrected chi connectivity index (χ0v) is 19.2. The minimum Gasteiger partial charge on any atom is -0.326 e. The summed E-state index contributed by atoms with van der Waals surface area (Å²) in [5.41, 5.74) is 3.54. The van der Waals surface area contributed by atoms with Crippen LogP contribution in [0.2, 0.25) is 0 Å². The molecule has 0 aromatic heterocycles. The first kappa shape index (κ1) is 22.5. The SMILES string of the molecule is CCc1ccc(NC(=O)CCNS(=O)(=O)c2ccc3c(c2)CC(C)N3C(=O)C2CC2)cc1. The van der Waals surface area contributed by atoms with Gasteiger partial charge in [-0.15, -0.1) is 0 Å². The van der Waals surface area contributed by atoms with Crippen molar-refractivity contribution in [1.82, 2.24) is 4.72 Å². The van der Waals surface area contributed by atoms with E-state index in [9.17, 15) is 18.0 Å². The molecule has 1 aliphatic carbocycles. The number of sulfonamides is 1. The summed E-state index contributed by atoms with van der Waals surface area (Å²) in [4.78, 5) is 26.7. The normalized spacial score (nSPS) is 17.8. The standard InChI is InChI=1S/C24H29N3O4S/c1-3-17-4-8-20(9-5-17)26-23(28)12-13-25-32(30,31)21-10-11-22-19(15-21)14-16(2)27(22)24(29)18-6-7-18/h4-5,8-11,15-16,18,25H,3,6-7,12-14H2,1-2H3,(H,26,28). The largest absolute Gasteiger partial charge is 0.326 e. The van der Waals surface area contributed by atoms with Crippen molar-refractivity contribution in [2.45, 2.75) is 56.9 Å². The van der Waals surface area contributed by atoms with Gasteiger partial charge < -0.3 is 10.2 Å². The highest BCUT2D eigenvalue weighted by Gasteiger charge is 2.39. The third kappa shape index (κ3) is 4.86. The number of benzene rings is 2. The van der Waals surface area contributed by atoms with E-state index >= 15 is 0 Å². The molecule has 1 fully saturated rings. The number of nitrogens with zero attached hydrogens (tertiary/aromatic N) is 1. The Morgan fingerprint density at radius 1 is 1.09 bits per heavy atom. The highest BCUT2D eigenvalue weighted by Crippen LogP contribution is 2.39. The van der Waals surface area contributed by atoms with Gasteiger partial charge in [0, 0.05) is 36.3 Å². The summed E-state index contributed by atoms with van der Waals surface area (Å²) < 4.78 is 28.0. The predicted molar refractivity (Wildman–Crippen MR) is 124 cm³/mol. The van der Waals surface area contributed by atoms with Gasteiger partial charge in [-0.25, -0.2) is 13.1 Å². The predicted octanol–water partition coefficient (Wildman–Crippen LogP) is 3.24. The number of carbonyl (C=O) groups excluding carboxylic acids is 2. The van der Waals surface area contributed by atoms with Gasteiger partial charge in [0.25, 0.3) is 0 Å². The first-order valence-corrected chi connectivity index (χ1v) is 12.6. The maximum Gasteiger partial charge on any atom is 0.240 e. The zero-order valence-electron chi connectivity index (χ0n) is 18.4. The summed E-state index contributed by atoms with van der Waals surface area (Å²) in [5, 5.41) is 2.78. The topological polar surface area (TPSA) is 95.6 Å². The molecule has 2 amide bonds. The van der Waals surface area contributed by atoms with E-state index in [-0.39, 0.29) is 41.6 Å². The third-order valence-corrected chi connectivity index (χ3v) is 7.49. The van der Waals surface area contributed by atoms with E-state index in [0.717, 1.165) is 30.5 Å². The molecule has 0 radical (unpaired) electrons. The van der Waals surface area contributed by atoms with Crippen LogP contribution >= 0.6 is 0 Å². The summed E-state index contributed by atoms with van der Waals surface area (Å²) in [5.74, 6) is -0.00140. The van der Waals surface area contributed by atoms with Crippen LogP contribution in [0.4, 0.5) is 11.4 Å². The molecular formula is C24H29N3O4S. The minimum atomic E-state index is -3.75. The van der Waals surface area contributed by atoms with E-state index in [1.807, 2.05) is 36.1 Å². The van der Waals surface area contributed by atoms with Gasteiger partial charge >= 0.3 is 0 Å². The van der Waals surface area contributed by atoms with Crippen molar-refractivity contribution in [2.75, 3.05) is 16.8 Å². The van der Waals surface area contributed by atoms with E-state index in [1.165, 1.54) is 11.6 Å². The second-order valence-electron chi connectivity index (χ2n) is 8.57. The van der Waals surface area contributed by atoms with Crippen molar-refractivity contribution in [3.8, 4) is 0 Å². The van der Waals surface area contributed by atoms with Crippen molar-refractivity contribution in [3.05, 3.63) is 53.6 Å². The van der Waals surface area contributed by atoms with Crippen LogP contribution in [0.25, 0.3) is 0 Å². The Morgan fingerprint density at radius 2 is 1.81 bits per heavy atom. The number of fused-ring (bicyclic) bond motifs is 1. The summed E-state index contributed by atoms with van der Waals surface area (Å²) in [6.45, 7) is 4.05. The lowest BCUT2D eigenvalue weighted by Gasteiger charge is -2.22. The summed E-state index contributed by atoms with van der Waals surface area (Å²) >= 11 is 0. The molecule has 1 heterocycles. The molecule has 32 heavy (non-hydrogen) atoms. The van der Waals surface area contributed by atoms with Gasteiger partial charge in [0.1, 0.15) is 0 Å². The average molecular weight is 456 g/mol. The molecule has 4 rings (SSSR count). The van der Waals surface area contributed by atoms with Crippen molar-refractivity contribution in [2.24, 2.45) is 5.92 Å². The highest BCUT2D eigenvalue weighted by atomic mass is 32.2. The van der Waals surface area contributed by atoms with Gasteiger partial charge in [-0.2, -0.15) is 0 Å². The molecule has 0 saturated heterocycles. The fraction of sp³-hybridized carbons (Fsp3) is 0.417. The van der Waals surface area contributed by atoms with Crippen LogP contribution in [0.5, 0.6) is 0 Å². The summed E-state index contributed by atoms with van der Waals surface area (Å²) in [7, 11) is -3.75. The first-order valence-electron chi connectivity index (χ1n) is 11.1. The smallest absolute Gasteiger partial charge is 0.240 e. The quantitative estimate of drug-likeness (QED) is 0.639. The maximum atomic E-state index is 12.7. The molecule has 2 N–H and O–H groups in total. The molecule has 2 aromatic rings. The molecule has 0 spiro atoms. The van der Waals surface area contributed by atoms with Gasteiger partial charge in [0.2, 0.25) is 21.8 Å². The van der Waals surface area contributed by atoms with Gasteiger partial charge in [0.15, 0.2) is 0 Å². The van der Waals surface area contributed by atoms with E-state index < -0.39 is 10.0 Å². The van der Waals surface area contributed by atoms with Gasteiger partial charge in [-0.3, -0.25) is 9.59 Å². The fourth-order valence-electron chi connectivity index (χ4n) is 4.07. The molecular weight excluding hydrogens is 426 g/mol. The van der Waals surface area contributed by atoms with E-state index in [4.69, 9.17) is 0 Å². The number of amides is 2. The van der Waals surface area contributed by atoms with Crippen LogP contribution in [0.3, 0.4) is 0 Å². The van der Waals surface area contributed by atoms with Crippen LogP contribution in [0, 0.1) is 5.92 Å². The van der Waals surface area contributed by atoms with Crippen molar-refractivity contribution >= 4 is 33.2 Å².